The van der Waals surface area contributed by atoms with Crippen molar-refractivity contribution in [2.45, 2.75) is 18.9 Å². The molecule has 1 aromatic rings. The van der Waals surface area contributed by atoms with Crippen LogP contribution in [-0.2, 0) is 4.79 Å². The summed E-state index contributed by atoms with van der Waals surface area (Å²) in [5.41, 5.74) is 1.03. The lowest BCUT2D eigenvalue weighted by Gasteiger charge is -2.27. The summed E-state index contributed by atoms with van der Waals surface area (Å²) in [4.78, 5) is 18.6. The Morgan fingerprint density at radius 1 is 1.40 bits per heavy atom. The van der Waals surface area contributed by atoms with Crippen LogP contribution in [-0.4, -0.2) is 27.6 Å². The topological polar surface area (TPSA) is 75.1 Å². The van der Waals surface area contributed by atoms with Gasteiger partial charge in [0.1, 0.15) is 6.33 Å². The van der Waals surface area contributed by atoms with Gasteiger partial charge in [0, 0.05) is 30.5 Å². The van der Waals surface area contributed by atoms with E-state index in [0.29, 0.717) is 13.0 Å². The van der Waals surface area contributed by atoms with Crippen LogP contribution in [0.5, 0.6) is 0 Å². The van der Waals surface area contributed by atoms with E-state index in [0.717, 1.165) is 12.0 Å². The van der Waals surface area contributed by atoms with Gasteiger partial charge in [0.25, 0.3) is 0 Å². The summed E-state index contributed by atoms with van der Waals surface area (Å²) >= 11 is 0. The monoisotopic (exact) mass is 207 g/mol. The first kappa shape index (κ1) is 10.0. The van der Waals surface area contributed by atoms with Crippen LogP contribution in [0.15, 0.2) is 18.7 Å². The number of hydrogen-bond acceptors (Lipinski definition) is 4. The maximum Gasteiger partial charge on any atom is 0.307 e. The number of carbonyl (C=O) groups is 1. The Morgan fingerprint density at radius 3 is 2.67 bits per heavy atom. The van der Waals surface area contributed by atoms with Gasteiger partial charge < -0.3 is 10.4 Å². The zero-order chi connectivity index (χ0) is 10.7. The Balaban J connectivity index is 1.97. The standard InChI is InChI=1S/C10H13N3O2/c14-10(15)7-1-2-9(13-5-7)8-3-11-6-12-4-8/h3-4,6-7,9,13H,1-2,5H2,(H,14,15). The smallest absolute Gasteiger partial charge is 0.307 e. The summed E-state index contributed by atoms with van der Waals surface area (Å²) in [6.45, 7) is 0.523. The largest absolute Gasteiger partial charge is 0.481 e. The highest BCUT2D eigenvalue weighted by Gasteiger charge is 2.26. The molecular weight excluding hydrogens is 194 g/mol. The van der Waals surface area contributed by atoms with Crippen molar-refractivity contribution in [3.63, 3.8) is 0 Å². The Kier molecular flexibility index (Phi) is 2.91. The predicted octanol–water partition coefficient (Wildman–Crippen LogP) is 0.602. The first-order valence-electron chi connectivity index (χ1n) is 4.98. The highest BCUT2D eigenvalue weighted by Crippen LogP contribution is 2.24. The first-order chi connectivity index (χ1) is 7.27. The molecule has 0 amide bonds. The molecule has 0 aliphatic carbocycles. The van der Waals surface area contributed by atoms with Crippen molar-refractivity contribution in [1.29, 1.82) is 0 Å². The number of hydrogen-bond donors (Lipinski definition) is 2. The van der Waals surface area contributed by atoms with E-state index in [1.54, 1.807) is 12.4 Å². The van der Waals surface area contributed by atoms with Crippen molar-refractivity contribution < 1.29 is 9.90 Å². The van der Waals surface area contributed by atoms with E-state index in [2.05, 4.69) is 15.3 Å². The fraction of sp³-hybridized carbons (Fsp3) is 0.500. The highest BCUT2D eigenvalue weighted by molar-refractivity contribution is 5.70. The quantitative estimate of drug-likeness (QED) is 0.742. The molecule has 1 aromatic heterocycles. The van der Waals surface area contributed by atoms with Crippen molar-refractivity contribution in [3.05, 3.63) is 24.3 Å². The van der Waals surface area contributed by atoms with Crippen LogP contribution in [0.1, 0.15) is 24.4 Å². The second kappa shape index (κ2) is 4.35. The van der Waals surface area contributed by atoms with Crippen LogP contribution in [0.2, 0.25) is 0 Å². The van der Waals surface area contributed by atoms with E-state index in [-0.39, 0.29) is 12.0 Å². The van der Waals surface area contributed by atoms with Gasteiger partial charge in [-0.15, -0.1) is 0 Å². The third-order valence-electron chi connectivity index (χ3n) is 2.75. The maximum absolute atomic E-state index is 10.7. The molecule has 2 rings (SSSR count). The number of rotatable bonds is 2. The average molecular weight is 207 g/mol. The van der Waals surface area contributed by atoms with Gasteiger partial charge in [0.15, 0.2) is 0 Å². The van der Waals surface area contributed by atoms with E-state index < -0.39 is 5.97 Å². The Morgan fingerprint density at radius 2 is 2.13 bits per heavy atom. The molecule has 0 radical (unpaired) electrons. The molecule has 1 aliphatic rings. The molecule has 5 heteroatoms. The number of nitrogens with one attached hydrogen (secondary N) is 1. The summed E-state index contributed by atoms with van der Waals surface area (Å²) in [5.74, 6) is -0.976. The van der Waals surface area contributed by atoms with E-state index in [9.17, 15) is 4.79 Å². The zero-order valence-electron chi connectivity index (χ0n) is 8.26. The van der Waals surface area contributed by atoms with E-state index in [1.807, 2.05) is 0 Å². The minimum atomic E-state index is -0.717. The fourth-order valence-corrected chi connectivity index (χ4v) is 1.84. The van der Waals surface area contributed by atoms with Crippen molar-refractivity contribution in [3.8, 4) is 0 Å². The molecule has 15 heavy (non-hydrogen) atoms. The van der Waals surface area contributed by atoms with Crippen LogP contribution < -0.4 is 5.32 Å². The zero-order valence-corrected chi connectivity index (χ0v) is 8.26. The molecule has 5 nitrogen and oxygen atoms in total. The molecule has 0 spiro atoms. The number of aliphatic carboxylic acids is 1. The minimum Gasteiger partial charge on any atom is -0.481 e. The van der Waals surface area contributed by atoms with E-state index >= 15 is 0 Å². The lowest BCUT2D eigenvalue weighted by atomic mass is 9.92. The number of carboxylic acids is 1. The normalized spacial score (nSPS) is 26.1. The van der Waals surface area contributed by atoms with Crippen LogP contribution in [0.4, 0.5) is 0 Å². The molecule has 1 fully saturated rings. The van der Waals surface area contributed by atoms with Crippen LogP contribution in [0.3, 0.4) is 0 Å². The third kappa shape index (κ3) is 2.30. The van der Waals surface area contributed by atoms with Gasteiger partial charge in [-0.1, -0.05) is 0 Å². The lowest BCUT2D eigenvalue weighted by molar-refractivity contribution is -0.142. The highest BCUT2D eigenvalue weighted by atomic mass is 16.4. The molecule has 2 N–H and O–H groups in total. The van der Waals surface area contributed by atoms with Crippen LogP contribution >= 0.6 is 0 Å². The minimum absolute atomic E-state index is 0.196. The van der Waals surface area contributed by atoms with Gasteiger partial charge in [-0.25, -0.2) is 9.97 Å². The summed E-state index contributed by atoms with van der Waals surface area (Å²) < 4.78 is 0. The van der Waals surface area contributed by atoms with Crippen molar-refractivity contribution in [2.75, 3.05) is 6.54 Å². The fourth-order valence-electron chi connectivity index (χ4n) is 1.84. The van der Waals surface area contributed by atoms with Crippen LogP contribution in [0.25, 0.3) is 0 Å². The Bertz CT molecular complexity index is 334. The molecule has 0 saturated carbocycles. The van der Waals surface area contributed by atoms with Gasteiger partial charge in [-0.3, -0.25) is 4.79 Å². The van der Waals surface area contributed by atoms with Crippen molar-refractivity contribution in [2.24, 2.45) is 5.92 Å². The van der Waals surface area contributed by atoms with E-state index in [1.165, 1.54) is 6.33 Å². The van der Waals surface area contributed by atoms with Gasteiger partial charge in [0.2, 0.25) is 0 Å². The second-order valence-corrected chi connectivity index (χ2v) is 3.75. The molecule has 2 heterocycles. The summed E-state index contributed by atoms with van der Waals surface area (Å²) in [5, 5.41) is 12.0. The van der Waals surface area contributed by atoms with Crippen molar-refractivity contribution >= 4 is 5.97 Å². The molecule has 2 unspecified atom stereocenters. The molecule has 1 saturated heterocycles. The Hall–Kier alpha value is -1.49. The molecule has 0 aromatic carbocycles. The lowest BCUT2D eigenvalue weighted by Crippen LogP contribution is -2.36. The number of aromatic nitrogens is 2. The van der Waals surface area contributed by atoms with Gasteiger partial charge in [-0.05, 0) is 12.8 Å². The number of nitrogens with zero attached hydrogens (tertiary/aromatic N) is 2. The molecule has 0 bridgehead atoms. The SMILES string of the molecule is O=C(O)C1CCC(c2cncnc2)NC1. The van der Waals surface area contributed by atoms with Gasteiger partial charge in [0.05, 0.1) is 5.92 Å². The Labute approximate surface area is 87.6 Å². The number of carboxylic acid groups (broad SMARTS) is 1. The number of piperidine rings is 1. The predicted molar refractivity (Wildman–Crippen MR) is 53.1 cm³/mol. The molecule has 1 aliphatic heterocycles. The van der Waals surface area contributed by atoms with Gasteiger partial charge in [-0.2, -0.15) is 0 Å². The average Bonchev–Trinajstić information content (AvgIpc) is 2.30. The van der Waals surface area contributed by atoms with Crippen LogP contribution in [0, 0.1) is 5.92 Å². The molecular formula is C10H13N3O2. The molecule has 2 atom stereocenters. The summed E-state index contributed by atoms with van der Waals surface area (Å²) in [6.07, 6.45) is 6.57. The molecule has 80 valence electrons. The maximum atomic E-state index is 10.7. The summed E-state index contributed by atoms with van der Waals surface area (Å²) in [6, 6.07) is 0.196. The van der Waals surface area contributed by atoms with E-state index in [4.69, 9.17) is 5.11 Å². The van der Waals surface area contributed by atoms with Gasteiger partial charge >= 0.3 is 5.97 Å². The third-order valence-corrected chi connectivity index (χ3v) is 2.75. The van der Waals surface area contributed by atoms with Crippen molar-refractivity contribution in [1.82, 2.24) is 15.3 Å². The first-order valence-corrected chi connectivity index (χ1v) is 4.98. The second-order valence-electron chi connectivity index (χ2n) is 3.75. The summed E-state index contributed by atoms with van der Waals surface area (Å²) in [7, 11) is 0.